The van der Waals surface area contributed by atoms with Crippen LogP contribution >= 0.6 is 0 Å². The number of para-hydroxylation sites is 1. The first-order chi connectivity index (χ1) is 12.2. The van der Waals surface area contributed by atoms with Crippen molar-refractivity contribution in [2.24, 2.45) is 0 Å². The zero-order valence-electron chi connectivity index (χ0n) is 14.1. The molecule has 26 heavy (non-hydrogen) atoms. The van der Waals surface area contributed by atoms with Crippen LogP contribution in [0.3, 0.4) is 0 Å². The van der Waals surface area contributed by atoms with E-state index < -0.39 is 20.9 Å². The molecule has 0 aliphatic carbocycles. The molecule has 9 nitrogen and oxygen atoms in total. The Morgan fingerprint density at radius 1 is 1.23 bits per heavy atom. The number of benzene rings is 2. The van der Waals surface area contributed by atoms with Crippen molar-refractivity contribution in [1.29, 1.82) is 0 Å². The first kappa shape index (κ1) is 19.3. The fourth-order valence-electron chi connectivity index (χ4n) is 2.20. The summed E-state index contributed by atoms with van der Waals surface area (Å²) in [6, 6.07) is 10.3. The van der Waals surface area contributed by atoms with Crippen LogP contribution in [-0.4, -0.2) is 26.4 Å². The monoisotopic (exact) mass is 379 g/mol. The highest BCUT2D eigenvalue weighted by Crippen LogP contribution is 2.22. The summed E-state index contributed by atoms with van der Waals surface area (Å²) in [5.74, 6) is -0.112. The Morgan fingerprint density at radius 2 is 1.92 bits per heavy atom. The molecular formula is C16H17N3O6S. The van der Waals surface area contributed by atoms with Crippen LogP contribution in [-0.2, 0) is 21.2 Å². The third-order valence-corrected chi connectivity index (χ3v) is 4.80. The third kappa shape index (κ3) is 4.55. The molecule has 138 valence electrons. The van der Waals surface area contributed by atoms with E-state index in [1.165, 1.54) is 26.2 Å². The maximum absolute atomic E-state index is 12.2. The largest absolute Gasteiger partial charge is 0.496 e. The highest BCUT2D eigenvalue weighted by molar-refractivity contribution is 7.89. The zero-order valence-corrected chi connectivity index (χ0v) is 14.9. The number of methoxy groups -OCH3 is 1. The van der Waals surface area contributed by atoms with E-state index >= 15 is 0 Å². The maximum atomic E-state index is 12.2. The SMILES string of the molecule is COc1ccccc1CC(=O)NNS(=O)(=O)c1ccc(C)c([N+](=O)[O-])c1. The molecule has 0 fully saturated rings. The number of hydrogen-bond donors (Lipinski definition) is 2. The maximum Gasteiger partial charge on any atom is 0.273 e. The Hall–Kier alpha value is -2.98. The Balaban J connectivity index is 2.09. The molecule has 0 unspecified atom stereocenters. The fraction of sp³-hybridized carbons (Fsp3) is 0.188. The number of ether oxygens (including phenoxy) is 1. The summed E-state index contributed by atoms with van der Waals surface area (Å²) in [6.07, 6.45) is -0.111. The van der Waals surface area contributed by atoms with Crippen LogP contribution in [0.5, 0.6) is 5.75 Å². The second-order valence-corrected chi connectivity index (χ2v) is 7.03. The minimum Gasteiger partial charge on any atom is -0.496 e. The number of nitrogens with one attached hydrogen (secondary N) is 2. The van der Waals surface area contributed by atoms with E-state index in [1.807, 2.05) is 4.83 Å². The van der Waals surface area contributed by atoms with E-state index in [2.05, 4.69) is 5.43 Å². The van der Waals surface area contributed by atoms with Crippen molar-refractivity contribution in [1.82, 2.24) is 10.3 Å². The lowest BCUT2D eigenvalue weighted by Gasteiger charge is -2.10. The molecule has 0 heterocycles. The molecule has 10 heteroatoms. The summed E-state index contributed by atoms with van der Waals surface area (Å²) < 4.78 is 29.6. The van der Waals surface area contributed by atoms with Gasteiger partial charge in [-0.05, 0) is 19.1 Å². The smallest absolute Gasteiger partial charge is 0.273 e. The number of nitro benzene ring substituents is 1. The number of carbonyl (C=O) groups is 1. The summed E-state index contributed by atoms with van der Waals surface area (Å²) in [6.45, 7) is 1.50. The second kappa shape index (κ2) is 7.93. The molecule has 2 aromatic rings. The number of hydrogen-bond acceptors (Lipinski definition) is 6. The first-order valence-electron chi connectivity index (χ1n) is 7.42. The molecule has 0 saturated carbocycles. The van der Waals surface area contributed by atoms with Crippen molar-refractivity contribution >= 4 is 21.6 Å². The van der Waals surface area contributed by atoms with Crippen molar-refractivity contribution in [3.63, 3.8) is 0 Å². The van der Waals surface area contributed by atoms with Crippen LogP contribution in [0.2, 0.25) is 0 Å². The number of nitrogens with zero attached hydrogens (tertiary/aromatic N) is 1. The molecule has 0 aliphatic rings. The van der Waals surface area contributed by atoms with Gasteiger partial charge in [0.15, 0.2) is 0 Å². The number of sulfonamides is 1. The van der Waals surface area contributed by atoms with Crippen LogP contribution in [0.25, 0.3) is 0 Å². The van der Waals surface area contributed by atoms with Gasteiger partial charge in [-0.1, -0.05) is 24.3 Å². The average Bonchev–Trinajstić information content (AvgIpc) is 2.60. The van der Waals surface area contributed by atoms with Crippen molar-refractivity contribution in [3.05, 3.63) is 63.7 Å². The van der Waals surface area contributed by atoms with Gasteiger partial charge < -0.3 is 4.74 Å². The summed E-state index contributed by atoms with van der Waals surface area (Å²) in [5.41, 5.74) is 2.67. The zero-order chi connectivity index (χ0) is 19.3. The molecule has 0 aromatic heterocycles. The van der Waals surface area contributed by atoms with Crippen LogP contribution in [0.1, 0.15) is 11.1 Å². The number of aryl methyl sites for hydroxylation is 1. The van der Waals surface area contributed by atoms with Gasteiger partial charge in [-0.2, -0.15) is 0 Å². The Kier molecular flexibility index (Phi) is 5.90. The van der Waals surface area contributed by atoms with Gasteiger partial charge in [0.1, 0.15) is 5.75 Å². The predicted octanol–water partition coefficient (Wildman–Crippen LogP) is 1.46. The van der Waals surface area contributed by atoms with Crippen molar-refractivity contribution in [2.75, 3.05) is 7.11 Å². The second-order valence-electron chi connectivity index (χ2n) is 5.35. The highest BCUT2D eigenvalue weighted by Gasteiger charge is 2.20. The Bertz CT molecular complexity index is 943. The summed E-state index contributed by atoms with van der Waals surface area (Å²) in [5, 5.41) is 10.9. The molecule has 2 N–H and O–H groups in total. The van der Waals surface area contributed by atoms with Crippen molar-refractivity contribution in [3.8, 4) is 5.75 Å². The van der Waals surface area contributed by atoms with E-state index in [9.17, 15) is 23.3 Å². The first-order valence-corrected chi connectivity index (χ1v) is 8.90. The van der Waals surface area contributed by atoms with E-state index in [-0.39, 0.29) is 17.0 Å². The molecular weight excluding hydrogens is 362 g/mol. The highest BCUT2D eigenvalue weighted by atomic mass is 32.2. The van der Waals surface area contributed by atoms with Crippen LogP contribution < -0.4 is 15.0 Å². The van der Waals surface area contributed by atoms with E-state index in [0.717, 1.165) is 6.07 Å². The average molecular weight is 379 g/mol. The standard InChI is InChI=1S/C16H17N3O6S/c1-11-7-8-13(10-14(11)19(21)22)26(23,24)18-17-16(20)9-12-5-3-4-6-15(12)25-2/h3-8,10,18H,9H2,1-2H3,(H,17,20). The molecule has 0 saturated heterocycles. The molecule has 0 spiro atoms. The number of hydrazine groups is 1. The molecule has 2 rings (SSSR count). The lowest BCUT2D eigenvalue weighted by atomic mass is 10.1. The Morgan fingerprint density at radius 3 is 2.58 bits per heavy atom. The topological polar surface area (TPSA) is 128 Å². The van der Waals surface area contributed by atoms with Gasteiger partial charge in [-0.3, -0.25) is 20.3 Å². The number of nitro groups is 1. The van der Waals surface area contributed by atoms with E-state index in [1.54, 1.807) is 24.3 Å². The number of carbonyl (C=O) groups excluding carboxylic acids is 1. The molecule has 0 aliphatic heterocycles. The van der Waals surface area contributed by atoms with E-state index in [0.29, 0.717) is 16.9 Å². The van der Waals surface area contributed by atoms with Gasteiger partial charge >= 0.3 is 0 Å². The lowest BCUT2D eigenvalue weighted by Crippen LogP contribution is -2.42. The van der Waals surface area contributed by atoms with E-state index in [4.69, 9.17) is 4.74 Å². The minimum absolute atomic E-state index is 0.111. The molecule has 0 atom stereocenters. The van der Waals surface area contributed by atoms with Gasteiger partial charge in [-0.15, -0.1) is 4.83 Å². The van der Waals surface area contributed by atoms with Gasteiger partial charge in [0.25, 0.3) is 15.7 Å². The van der Waals surface area contributed by atoms with Gasteiger partial charge in [0.05, 0.1) is 23.3 Å². The summed E-state index contributed by atoms with van der Waals surface area (Å²) in [4.78, 5) is 23.9. The van der Waals surface area contributed by atoms with Gasteiger partial charge in [-0.25, -0.2) is 8.42 Å². The quantitative estimate of drug-likeness (QED) is 0.554. The van der Waals surface area contributed by atoms with Gasteiger partial charge in [0.2, 0.25) is 5.91 Å². The van der Waals surface area contributed by atoms with Crippen molar-refractivity contribution < 1.29 is 22.9 Å². The van der Waals surface area contributed by atoms with Crippen LogP contribution in [0.4, 0.5) is 5.69 Å². The molecule has 2 aromatic carbocycles. The molecule has 1 amide bonds. The van der Waals surface area contributed by atoms with Crippen LogP contribution in [0, 0.1) is 17.0 Å². The number of amides is 1. The lowest BCUT2D eigenvalue weighted by molar-refractivity contribution is -0.385. The third-order valence-electron chi connectivity index (χ3n) is 3.56. The predicted molar refractivity (Wildman–Crippen MR) is 93.0 cm³/mol. The minimum atomic E-state index is -4.15. The van der Waals surface area contributed by atoms with Crippen molar-refractivity contribution in [2.45, 2.75) is 18.2 Å². The summed E-state index contributed by atoms with van der Waals surface area (Å²) in [7, 11) is -2.69. The van der Waals surface area contributed by atoms with Gasteiger partial charge in [0, 0.05) is 17.2 Å². The normalized spacial score (nSPS) is 11.0. The number of rotatable bonds is 7. The molecule has 0 bridgehead atoms. The van der Waals surface area contributed by atoms with Crippen LogP contribution in [0.15, 0.2) is 47.4 Å². The summed E-state index contributed by atoms with van der Waals surface area (Å²) >= 11 is 0. The molecule has 0 radical (unpaired) electrons. The Labute approximate surface area is 150 Å². The fourth-order valence-corrected chi connectivity index (χ4v) is 3.08.